The van der Waals surface area contributed by atoms with Gasteiger partial charge in [-0.3, -0.25) is 4.79 Å². The molecular weight excluding hydrogens is 316 g/mol. The first-order valence-corrected chi connectivity index (χ1v) is 8.55. The topological polar surface area (TPSA) is 34.4 Å². The van der Waals surface area contributed by atoms with Crippen molar-refractivity contribution in [2.45, 2.75) is 26.8 Å². The summed E-state index contributed by atoms with van der Waals surface area (Å²) in [6.45, 7) is 4.56. The minimum Gasteiger partial charge on any atom is -0.305 e. The maximum atomic E-state index is 12.3. The lowest BCUT2D eigenvalue weighted by molar-refractivity contribution is -0.117. The summed E-state index contributed by atoms with van der Waals surface area (Å²) < 4.78 is 3.04. The summed E-state index contributed by atoms with van der Waals surface area (Å²) in [6.07, 6.45) is 5.80. The van der Waals surface area contributed by atoms with Crippen LogP contribution in [0.25, 0.3) is 10.2 Å². The molecule has 0 unspecified atom stereocenters. The molecule has 120 valence electrons. The number of hydrogen-bond acceptors (Lipinski definition) is 2. The zero-order valence-corrected chi connectivity index (χ0v) is 14.6. The summed E-state index contributed by atoms with van der Waals surface area (Å²) in [5, 5.41) is 0. The minimum atomic E-state index is -0.160. The zero-order chi connectivity index (χ0) is 17.1. The average Bonchev–Trinajstić information content (AvgIpc) is 2.86. The lowest BCUT2D eigenvalue weighted by Crippen LogP contribution is -2.17. The predicted octanol–water partition coefficient (Wildman–Crippen LogP) is 3.62. The lowest BCUT2D eigenvalue weighted by Gasteiger charge is -2.03. The van der Waals surface area contributed by atoms with Gasteiger partial charge in [-0.25, -0.2) is 0 Å². The number of hydrogen-bond donors (Lipinski definition) is 0. The third kappa shape index (κ3) is 3.32. The molecule has 0 radical (unpaired) electrons. The highest BCUT2D eigenvalue weighted by atomic mass is 32.1. The fraction of sp³-hybridized carbons (Fsp3) is 0.200. The van der Waals surface area contributed by atoms with Crippen LogP contribution in [0.5, 0.6) is 0 Å². The first kappa shape index (κ1) is 16.2. The van der Waals surface area contributed by atoms with Gasteiger partial charge in [0.05, 0.1) is 23.2 Å². The van der Waals surface area contributed by atoms with Crippen molar-refractivity contribution in [1.29, 1.82) is 0 Å². The summed E-state index contributed by atoms with van der Waals surface area (Å²) >= 11 is 1.51. The van der Waals surface area contributed by atoms with Crippen LogP contribution in [0.2, 0.25) is 0 Å². The Morgan fingerprint density at radius 2 is 1.92 bits per heavy atom. The number of benzene rings is 2. The Hall–Kier alpha value is -2.64. The second kappa shape index (κ2) is 6.86. The fourth-order valence-electron chi connectivity index (χ4n) is 2.57. The number of terminal acetylenes is 1. The van der Waals surface area contributed by atoms with Gasteiger partial charge < -0.3 is 4.57 Å². The number of thiazole rings is 1. The summed E-state index contributed by atoms with van der Waals surface area (Å²) in [5.74, 6) is 2.50. The maximum absolute atomic E-state index is 12.3. The van der Waals surface area contributed by atoms with Crippen molar-refractivity contribution in [3.8, 4) is 12.3 Å². The smallest absolute Gasteiger partial charge is 0.252 e. The van der Waals surface area contributed by atoms with Crippen molar-refractivity contribution in [3.05, 3.63) is 64.0 Å². The molecule has 0 saturated carbocycles. The number of aryl methyl sites for hydroxylation is 2. The molecule has 0 saturated heterocycles. The Balaban J connectivity index is 2.06. The van der Waals surface area contributed by atoms with Gasteiger partial charge in [-0.1, -0.05) is 47.6 Å². The van der Waals surface area contributed by atoms with Crippen molar-refractivity contribution in [3.63, 3.8) is 0 Å². The first-order valence-electron chi connectivity index (χ1n) is 7.74. The molecule has 0 aliphatic carbocycles. The monoisotopic (exact) mass is 334 g/mol. The van der Waals surface area contributed by atoms with E-state index < -0.39 is 0 Å². The Bertz CT molecular complexity index is 1000. The third-order valence-electron chi connectivity index (χ3n) is 3.97. The van der Waals surface area contributed by atoms with Gasteiger partial charge in [0.2, 0.25) is 0 Å². The van der Waals surface area contributed by atoms with E-state index in [1.54, 1.807) is 0 Å². The van der Waals surface area contributed by atoms with Crippen molar-refractivity contribution in [2.24, 2.45) is 4.99 Å². The van der Waals surface area contributed by atoms with Crippen molar-refractivity contribution < 1.29 is 4.79 Å². The molecule has 0 spiro atoms. The number of rotatable bonds is 3. The molecule has 0 aliphatic rings. The minimum absolute atomic E-state index is 0.160. The van der Waals surface area contributed by atoms with Crippen molar-refractivity contribution in [2.75, 3.05) is 0 Å². The zero-order valence-electron chi connectivity index (χ0n) is 13.7. The highest BCUT2D eigenvalue weighted by Crippen LogP contribution is 2.22. The molecule has 0 fully saturated rings. The molecule has 1 aromatic heterocycles. The molecule has 0 aliphatic heterocycles. The molecule has 0 bridgehead atoms. The highest BCUT2D eigenvalue weighted by molar-refractivity contribution is 7.16. The van der Waals surface area contributed by atoms with E-state index in [2.05, 4.69) is 36.9 Å². The molecule has 24 heavy (non-hydrogen) atoms. The predicted molar refractivity (Wildman–Crippen MR) is 98.8 cm³/mol. The van der Waals surface area contributed by atoms with E-state index in [1.807, 2.05) is 34.9 Å². The van der Waals surface area contributed by atoms with Gasteiger partial charge in [0.25, 0.3) is 5.91 Å². The Morgan fingerprint density at radius 1 is 1.21 bits per heavy atom. The quantitative estimate of drug-likeness (QED) is 0.674. The SMILES string of the molecule is C#CCn1c(=NC(=O)Cc2ccccc2)sc2cc(C)c(C)cc21. The summed E-state index contributed by atoms with van der Waals surface area (Å²) in [5.41, 5.74) is 4.42. The van der Waals surface area contributed by atoms with Gasteiger partial charge >= 0.3 is 0 Å². The molecule has 0 atom stereocenters. The molecule has 0 N–H and O–H groups in total. The highest BCUT2D eigenvalue weighted by Gasteiger charge is 2.09. The van der Waals surface area contributed by atoms with E-state index in [0.717, 1.165) is 15.8 Å². The third-order valence-corrected chi connectivity index (χ3v) is 5.01. The van der Waals surface area contributed by atoms with Crippen LogP contribution >= 0.6 is 11.3 Å². The van der Waals surface area contributed by atoms with E-state index in [9.17, 15) is 4.79 Å². The standard InChI is InChI=1S/C20H18N2OS/c1-4-10-22-17-11-14(2)15(3)12-18(17)24-20(22)21-19(23)13-16-8-6-5-7-9-16/h1,5-9,11-12H,10,13H2,2-3H3. The van der Waals surface area contributed by atoms with Crippen LogP contribution in [0.1, 0.15) is 16.7 Å². The molecule has 1 heterocycles. The summed E-state index contributed by atoms with van der Waals surface area (Å²) in [4.78, 5) is 17.3. The second-order valence-corrected chi connectivity index (χ2v) is 6.76. The van der Waals surface area contributed by atoms with E-state index in [1.165, 1.54) is 22.5 Å². The number of fused-ring (bicyclic) bond motifs is 1. The number of carbonyl (C=O) groups excluding carboxylic acids is 1. The van der Waals surface area contributed by atoms with Crippen LogP contribution < -0.4 is 4.80 Å². The fourth-order valence-corrected chi connectivity index (χ4v) is 3.69. The number of aromatic nitrogens is 1. The average molecular weight is 334 g/mol. The number of amides is 1. The summed E-state index contributed by atoms with van der Waals surface area (Å²) in [6, 6.07) is 13.9. The van der Waals surface area contributed by atoms with Crippen LogP contribution in [0.3, 0.4) is 0 Å². The molecule has 3 nitrogen and oxygen atoms in total. The Morgan fingerprint density at radius 3 is 2.62 bits per heavy atom. The molecule has 4 heteroatoms. The molecule has 3 aromatic rings. The van der Waals surface area contributed by atoms with E-state index in [0.29, 0.717) is 17.8 Å². The molecule has 2 aromatic carbocycles. The molecular formula is C20H18N2OS. The van der Waals surface area contributed by atoms with Crippen LogP contribution in [0, 0.1) is 26.2 Å². The summed E-state index contributed by atoms with van der Waals surface area (Å²) in [7, 11) is 0. The van der Waals surface area contributed by atoms with Gasteiger partial charge in [0, 0.05) is 0 Å². The van der Waals surface area contributed by atoms with Gasteiger partial charge in [-0.05, 0) is 42.7 Å². The second-order valence-electron chi connectivity index (χ2n) is 5.75. The Kier molecular flexibility index (Phi) is 4.64. The van der Waals surface area contributed by atoms with Gasteiger partial charge in [0.15, 0.2) is 4.80 Å². The maximum Gasteiger partial charge on any atom is 0.252 e. The Labute approximate surface area is 145 Å². The van der Waals surface area contributed by atoms with Crippen molar-refractivity contribution >= 4 is 27.5 Å². The van der Waals surface area contributed by atoms with E-state index >= 15 is 0 Å². The largest absolute Gasteiger partial charge is 0.305 e. The van der Waals surface area contributed by atoms with Crippen LogP contribution in [0.4, 0.5) is 0 Å². The lowest BCUT2D eigenvalue weighted by atomic mass is 10.1. The van der Waals surface area contributed by atoms with Gasteiger partial charge in [-0.2, -0.15) is 4.99 Å². The molecule has 3 rings (SSSR count). The van der Waals surface area contributed by atoms with E-state index in [-0.39, 0.29) is 5.91 Å². The van der Waals surface area contributed by atoms with Crippen LogP contribution in [-0.4, -0.2) is 10.5 Å². The number of nitrogens with zero attached hydrogens (tertiary/aromatic N) is 2. The van der Waals surface area contributed by atoms with Crippen LogP contribution in [-0.2, 0) is 17.8 Å². The first-order chi connectivity index (χ1) is 11.6. The number of carbonyl (C=O) groups is 1. The van der Waals surface area contributed by atoms with E-state index in [4.69, 9.17) is 6.42 Å². The van der Waals surface area contributed by atoms with Crippen LogP contribution in [0.15, 0.2) is 47.5 Å². The van der Waals surface area contributed by atoms with Gasteiger partial charge in [-0.15, -0.1) is 6.42 Å². The van der Waals surface area contributed by atoms with Crippen molar-refractivity contribution in [1.82, 2.24) is 4.57 Å². The normalized spacial score (nSPS) is 11.6. The van der Waals surface area contributed by atoms with Gasteiger partial charge in [0.1, 0.15) is 0 Å². The molecule has 1 amide bonds.